The van der Waals surface area contributed by atoms with Gasteiger partial charge in [0, 0.05) is 22.8 Å². The van der Waals surface area contributed by atoms with Crippen LogP contribution in [0.15, 0.2) is 12.1 Å². The molecular weight excluding hydrogens is 297 g/mol. The molecule has 1 fully saturated rings. The molecule has 1 aromatic carbocycles. The molecule has 0 amide bonds. The van der Waals surface area contributed by atoms with Gasteiger partial charge in [-0.3, -0.25) is 10.1 Å². The van der Waals surface area contributed by atoms with Gasteiger partial charge in [0.25, 0.3) is 5.69 Å². The van der Waals surface area contributed by atoms with Crippen LogP contribution in [0.25, 0.3) is 0 Å². The number of rotatable bonds is 5. The lowest BCUT2D eigenvalue weighted by atomic mass is 9.62. The third kappa shape index (κ3) is 2.59. The summed E-state index contributed by atoms with van der Waals surface area (Å²) >= 11 is 6.31. The lowest BCUT2D eigenvalue weighted by Crippen LogP contribution is -2.56. The number of halogens is 2. The van der Waals surface area contributed by atoms with E-state index >= 15 is 0 Å². The summed E-state index contributed by atoms with van der Waals surface area (Å²) in [6, 6.07) is 2.31. The van der Waals surface area contributed by atoms with Gasteiger partial charge in [0.05, 0.1) is 11.0 Å². The van der Waals surface area contributed by atoms with Crippen LogP contribution in [0.1, 0.15) is 38.7 Å². The highest BCUT2D eigenvalue weighted by Gasteiger charge is 2.53. The van der Waals surface area contributed by atoms with Crippen molar-refractivity contribution in [2.75, 3.05) is 0 Å². The van der Waals surface area contributed by atoms with Crippen molar-refractivity contribution < 1.29 is 14.1 Å². The molecule has 0 heterocycles. The van der Waals surface area contributed by atoms with Crippen LogP contribution in [0.2, 0.25) is 0 Å². The standard InChI is InChI=1S/C15H19ClFNO3/c1-4-15(5-2)13(16)8-14(15)21-12-6-9(3)11(18(19)20)7-10(12)17/h6-7,13-14H,4-5,8H2,1-3H3. The molecule has 4 nitrogen and oxygen atoms in total. The number of hydrogen-bond acceptors (Lipinski definition) is 3. The van der Waals surface area contributed by atoms with E-state index in [1.165, 1.54) is 6.07 Å². The van der Waals surface area contributed by atoms with Crippen LogP contribution < -0.4 is 4.74 Å². The van der Waals surface area contributed by atoms with E-state index in [9.17, 15) is 14.5 Å². The molecule has 1 aromatic rings. The predicted octanol–water partition coefficient (Wildman–Crippen LogP) is 4.61. The Bertz CT molecular complexity index is 560. The summed E-state index contributed by atoms with van der Waals surface area (Å²) < 4.78 is 19.8. The largest absolute Gasteiger partial charge is 0.487 e. The van der Waals surface area contributed by atoms with Crippen molar-refractivity contribution in [2.24, 2.45) is 5.41 Å². The van der Waals surface area contributed by atoms with Crippen molar-refractivity contribution in [1.82, 2.24) is 0 Å². The fourth-order valence-electron chi connectivity index (χ4n) is 3.10. The number of aryl methyl sites for hydroxylation is 1. The summed E-state index contributed by atoms with van der Waals surface area (Å²) in [5.74, 6) is -0.635. The van der Waals surface area contributed by atoms with Gasteiger partial charge in [-0.15, -0.1) is 11.6 Å². The van der Waals surface area contributed by atoms with Gasteiger partial charge in [0.1, 0.15) is 6.10 Å². The first kappa shape index (κ1) is 16.0. The zero-order valence-electron chi connectivity index (χ0n) is 12.4. The van der Waals surface area contributed by atoms with Crippen LogP contribution >= 0.6 is 11.6 Å². The molecule has 1 aliphatic rings. The quantitative estimate of drug-likeness (QED) is 0.453. The first-order chi connectivity index (χ1) is 9.85. The topological polar surface area (TPSA) is 52.4 Å². The van der Waals surface area contributed by atoms with Crippen LogP contribution in [0.5, 0.6) is 5.75 Å². The molecule has 2 unspecified atom stereocenters. The van der Waals surface area contributed by atoms with Gasteiger partial charge in [-0.1, -0.05) is 13.8 Å². The number of nitro groups is 1. The molecule has 0 spiro atoms. The van der Waals surface area contributed by atoms with Crippen molar-refractivity contribution in [3.63, 3.8) is 0 Å². The predicted molar refractivity (Wildman–Crippen MR) is 79.5 cm³/mol. The Morgan fingerprint density at radius 3 is 2.57 bits per heavy atom. The SMILES string of the molecule is CCC1(CC)C(Cl)CC1Oc1cc(C)c([N+](=O)[O-])cc1F. The Labute approximate surface area is 128 Å². The fraction of sp³-hybridized carbons (Fsp3) is 0.600. The highest BCUT2D eigenvalue weighted by molar-refractivity contribution is 6.21. The minimum atomic E-state index is -0.702. The molecule has 0 saturated heterocycles. The first-order valence-corrected chi connectivity index (χ1v) is 7.54. The summed E-state index contributed by atoms with van der Waals surface area (Å²) in [5.41, 5.74) is 0.00149. The molecule has 0 N–H and O–H groups in total. The minimum absolute atomic E-state index is 0.0275. The van der Waals surface area contributed by atoms with E-state index < -0.39 is 10.7 Å². The Hall–Kier alpha value is -1.36. The van der Waals surface area contributed by atoms with Gasteiger partial charge >= 0.3 is 0 Å². The second-order valence-corrected chi connectivity index (χ2v) is 6.10. The van der Waals surface area contributed by atoms with Gasteiger partial charge in [-0.25, -0.2) is 4.39 Å². The summed E-state index contributed by atoms with van der Waals surface area (Å²) in [6.45, 7) is 5.67. The average Bonchev–Trinajstić information content (AvgIpc) is 2.43. The number of alkyl halides is 1. The van der Waals surface area contributed by atoms with Crippen LogP contribution in [0.3, 0.4) is 0 Å². The Kier molecular flexibility index (Phi) is 4.42. The van der Waals surface area contributed by atoms with Crippen LogP contribution in [-0.4, -0.2) is 16.4 Å². The van der Waals surface area contributed by atoms with Gasteiger partial charge in [0.15, 0.2) is 11.6 Å². The smallest absolute Gasteiger partial charge is 0.275 e. The third-order valence-electron chi connectivity index (χ3n) is 4.72. The summed E-state index contributed by atoms with van der Waals surface area (Å²) in [4.78, 5) is 10.2. The van der Waals surface area contributed by atoms with E-state index in [1.807, 2.05) is 13.8 Å². The monoisotopic (exact) mass is 315 g/mol. The number of nitrogens with zero attached hydrogens (tertiary/aromatic N) is 1. The van der Waals surface area contributed by atoms with Gasteiger partial charge in [-0.2, -0.15) is 0 Å². The molecule has 0 radical (unpaired) electrons. The zero-order chi connectivity index (χ0) is 15.8. The van der Waals surface area contributed by atoms with Crippen molar-refractivity contribution in [3.05, 3.63) is 33.6 Å². The normalized spacial score (nSPS) is 23.5. The van der Waals surface area contributed by atoms with Gasteiger partial charge in [-0.05, 0) is 25.8 Å². The second-order valence-electron chi connectivity index (χ2n) is 5.58. The molecule has 1 saturated carbocycles. The highest BCUT2D eigenvalue weighted by Crippen LogP contribution is 2.52. The van der Waals surface area contributed by atoms with E-state index in [1.54, 1.807) is 6.92 Å². The third-order valence-corrected chi connectivity index (χ3v) is 5.33. The summed E-state index contributed by atoms with van der Waals surface area (Å²) in [7, 11) is 0. The van der Waals surface area contributed by atoms with Crippen molar-refractivity contribution in [3.8, 4) is 5.75 Å². The Morgan fingerprint density at radius 1 is 1.48 bits per heavy atom. The molecule has 116 valence electrons. The molecule has 2 rings (SSSR count). The average molecular weight is 316 g/mol. The molecule has 6 heteroatoms. The van der Waals surface area contributed by atoms with E-state index in [4.69, 9.17) is 16.3 Å². The number of benzene rings is 1. The Balaban J connectivity index is 2.25. The molecular formula is C15H19ClFNO3. The second kappa shape index (κ2) is 5.79. The van der Waals surface area contributed by atoms with Gasteiger partial charge < -0.3 is 4.74 Å². The highest BCUT2D eigenvalue weighted by atomic mass is 35.5. The maximum atomic E-state index is 14.0. The van der Waals surface area contributed by atoms with E-state index in [0.29, 0.717) is 12.0 Å². The van der Waals surface area contributed by atoms with Crippen molar-refractivity contribution in [1.29, 1.82) is 0 Å². The maximum Gasteiger partial charge on any atom is 0.275 e. The molecule has 0 aliphatic heterocycles. The van der Waals surface area contributed by atoms with Crippen molar-refractivity contribution >= 4 is 17.3 Å². The van der Waals surface area contributed by atoms with Crippen LogP contribution in [0, 0.1) is 28.3 Å². The van der Waals surface area contributed by atoms with Crippen LogP contribution in [-0.2, 0) is 0 Å². The van der Waals surface area contributed by atoms with Gasteiger partial charge in [0.2, 0.25) is 0 Å². The van der Waals surface area contributed by atoms with Crippen LogP contribution in [0.4, 0.5) is 10.1 Å². The molecule has 0 bridgehead atoms. The molecule has 2 atom stereocenters. The van der Waals surface area contributed by atoms with E-state index in [0.717, 1.165) is 18.9 Å². The Morgan fingerprint density at radius 2 is 2.10 bits per heavy atom. The number of nitro benzene ring substituents is 1. The fourth-order valence-corrected chi connectivity index (χ4v) is 3.71. The summed E-state index contributed by atoms with van der Waals surface area (Å²) in [5, 5.41) is 10.8. The maximum absolute atomic E-state index is 14.0. The number of hydrogen-bond donors (Lipinski definition) is 0. The molecule has 0 aromatic heterocycles. The van der Waals surface area contributed by atoms with E-state index in [-0.39, 0.29) is 28.3 Å². The lowest BCUT2D eigenvalue weighted by Gasteiger charge is -2.52. The zero-order valence-corrected chi connectivity index (χ0v) is 13.1. The first-order valence-electron chi connectivity index (χ1n) is 7.11. The lowest BCUT2D eigenvalue weighted by molar-refractivity contribution is -0.385. The molecule has 1 aliphatic carbocycles. The minimum Gasteiger partial charge on any atom is -0.487 e. The van der Waals surface area contributed by atoms with E-state index in [2.05, 4.69) is 0 Å². The number of ether oxygens (including phenoxy) is 1. The van der Waals surface area contributed by atoms with Crippen molar-refractivity contribution in [2.45, 2.75) is 51.5 Å². The molecule has 21 heavy (non-hydrogen) atoms. The summed E-state index contributed by atoms with van der Waals surface area (Å²) in [6.07, 6.45) is 2.23.